The molecule has 1 aromatic carbocycles. The Morgan fingerprint density at radius 2 is 1.79 bits per heavy atom. The van der Waals surface area contributed by atoms with Gasteiger partial charge in [0.25, 0.3) is 0 Å². The number of nitrogens with zero attached hydrogens (tertiary/aromatic N) is 2. The molecule has 0 aliphatic heterocycles. The molecule has 0 amide bonds. The van der Waals surface area contributed by atoms with E-state index in [9.17, 15) is 4.79 Å². The van der Waals surface area contributed by atoms with Crippen molar-refractivity contribution in [1.29, 1.82) is 0 Å². The molecule has 0 saturated heterocycles. The fourth-order valence-corrected chi connectivity index (χ4v) is 4.54. The Morgan fingerprint density at radius 3 is 2.36 bits per heavy atom. The maximum absolute atomic E-state index is 13.1. The Morgan fingerprint density at radius 1 is 1.14 bits per heavy atom. The summed E-state index contributed by atoms with van der Waals surface area (Å²) in [6.45, 7) is 15.6. The summed E-state index contributed by atoms with van der Waals surface area (Å²) in [5.41, 5.74) is 5.76. The van der Waals surface area contributed by atoms with E-state index in [2.05, 4.69) is 65.8 Å². The molecule has 0 saturated carbocycles. The van der Waals surface area contributed by atoms with Gasteiger partial charge in [-0.25, -0.2) is 4.68 Å². The Bertz CT molecular complexity index is 837. The van der Waals surface area contributed by atoms with E-state index >= 15 is 0 Å². The summed E-state index contributed by atoms with van der Waals surface area (Å²) in [7, 11) is 0. The van der Waals surface area contributed by atoms with Gasteiger partial charge in [0, 0.05) is 11.5 Å². The lowest BCUT2D eigenvalue weighted by atomic mass is 9.81. The number of rotatable bonds is 5. The average Bonchev–Trinajstić information content (AvgIpc) is 2.95. The van der Waals surface area contributed by atoms with Crippen molar-refractivity contribution in [2.24, 2.45) is 17.3 Å². The number of hydrogen-bond acceptors (Lipinski definition) is 2. The zero-order valence-electron chi connectivity index (χ0n) is 18.7. The van der Waals surface area contributed by atoms with Crippen molar-refractivity contribution in [1.82, 2.24) is 9.78 Å². The van der Waals surface area contributed by atoms with Gasteiger partial charge in [-0.2, -0.15) is 5.10 Å². The molecule has 0 radical (unpaired) electrons. The second kappa shape index (κ2) is 7.85. The first kappa shape index (κ1) is 20.8. The van der Waals surface area contributed by atoms with Crippen LogP contribution in [0.15, 0.2) is 24.3 Å². The summed E-state index contributed by atoms with van der Waals surface area (Å²) in [6.07, 6.45) is 3.99. The maximum atomic E-state index is 13.1. The number of fused-ring (bicyclic) bond motifs is 1. The molecule has 0 bridgehead atoms. The van der Waals surface area contributed by atoms with Crippen LogP contribution in [0.1, 0.15) is 94.5 Å². The molecule has 1 aliphatic rings. The van der Waals surface area contributed by atoms with E-state index in [1.807, 2.05) is 11.6 Å². The highest BCUT2D eigenvalue weighted by Gasteiger charge is 2.32. The molecule has 1 aliphatic carbocycles. The van der Waals surface area contributed by atoms with Crippen LogP contribution in [0, 0.1) is 17.3 Å². The SMILES string of the molecule is CC(Cc1nn(-c2ccc(C(C)C)cc2)c2c1CCC(C)C2=O)CC(C)(C)C. The van der Waals surface area contributed by atoms with E-state index in [1.54, 1.807) is 0 Å². The smallest absolute Gasteiger partial charge is 0.184 e. The van der Waals surface area contributed by atoms with Crippen molar-refractivity contribution in [2.45, 2.75) is 80.1 Å². The van der Waals surface area contributed by atoms with Gasteiger partial charge in [-0.05, 0) is 60.6 Å². The predicted octanol–water partition coefficient (Wildman–Crippen LogP) is 6.38. The summed E-state index contributed by atoms with van der Waals surface area (Å²) in [6, 6.07) is 8.54. The molecule has 0 fully saturated rings. The standard InChI is InChI=1S/C25H36N2O/c1-16(2)19-9-11-20(12-10-19)27-23-21(13-8-18(4)24(23)28)22(26-27)14-17(3)15-25(5,6)7/h9-12,16-18H,8,13-15H2,1-7H3. The number of carbonyl (C=O) groups is 1. The molecule has 3 heteroatoms. The Balaban J connectivity index is 2.00. The molecule has 0 N–H and O–H groups in total. The van der Waals surface area contributed by atoms with E-state index in [-0.39, 0.29) is 11.7 Å². The first-order valence-corrected chi connectivity index (χ1v) is 10.8. The van der Waals surface area contributed by atoms with E-state index in [0.29, 0.717) is 17.3 Å². The molecule has 2 atom stereocenters. The number of aromatic nitrogens is 2. The first-order chi connectivity index (χ1) is 13.1. The number of Topliss-reactive ketones (excluding diaryl/α,β-unsaturated/α-hetero) is 1. The molecule has 2 unspecified atom stereocenters. The molecule has 2 aromatic rings. The molecule has 3 nitrogen and oxygen atoms in total. The van der Waals surface area contributed by atoms with Gasteiger partial charge in [-0.3, -0.25) is 4.79 Å². The molecule has 3 rings (SSSR count). The summed E-state index contributed by atoms with van der Waals surface area (Å²) in [5, 5.41) is 4.99. The minimum Gasteiger partial charge on any atom is -0.292 e. The third-order valence-electron chi connectivity index (χ3n) is 5.88. The number of benzene rings is 1. The maximum Gasteiger partial charge on any atom is 0.184 e. The second-order valence-electron chi connectivity index (χ2n) is 10.3. The molecule has 0 spiro atoms. The normalized spacial score (nSPS) is 18.4. The van der Waals surface area contributed by atoms with E-state index in [1.165, 1.54) is 11.1 Å². The van der Waals surface area contributed by atoms with Crippen LogP contribution in [0.5, 0.6) is 0 Å². The van der Waals surface area contributed by atoms with Crippen LogP contribution < -0.4 is 0 Å². The highest BCUT2D eigenvalue weighted by Crippen LogP contribution is 2.33. The highest BCUT2D eigenvalue weighted by atomic mass is 16.1. The van der Waals surface area contributed by atoms with Gasteiger partial charge in [0.15, 0.2) is 5.78 Å². The van der Waals surface area contributed by atoms with Crippen LogP contribution >= 0.6 is 0 Å². The van der Waals surface area contributed by atoms with Gasteiger partial charge in [0.2, 0.25) is 0 Å². The molecule has 152 valence electrons. The van der Waals surface area contributed by atoms with Crippen molar-refractivity contribution >= 4 is 5.78 Å². The Kier molecular flexibility index (Phi) is 5.84. The minimum atomic E-state index is 0.0812. The van der Waals surface area contributed by atoms with Gasteiger partial charge in [-0.15, -0.1) is 0 Å². The Labute approximate surface area is 170 Å². The van der Waals surface area contributed by atoms with Gasteiger partial charge >= 0.3 is 0 Å². The van der Waals surface area contributed by atoms with E-state index in [4.69, 9.17) is 5.10 Å². The summed E-state index contributed by atoms with van der Waals surface area (Å²) in [4.78, 5) is 13.1. The summed E-state index contributed by atoms with van der Waals surface area (Å²) < 4.78 is 1.93. The van der Waals surface area contributed by atoms with Crippen molar-refractivity contribution in [3.63, 3.8) is 0 Å². The fourth-order valence-electron chi connectivity index (χ4n) is 4.54. The number of carbonyl (C=O) groups excluding carboxylic acids is 1. The fraction of sp³-hybridized carbons (Fsp3) is 0.600. The van der Waals surface area contributed by atoms with Crippen LogP contribution in [0.25, 0.3) is 5.69 Å². The van der Waals surface area contributed by atoms with Crippen molar-refractivity contribution < 1.29 is 4.79 Å². The number of ketones is 1. The third kappa shape index (κ3) is 4.39. The minimum absolute atomic E-state index is 0.0812. The van der Waals surface area contributed by atoms with Crippen LogP contribution in [0.4, 0.5) is 0 Å². The average molecular weight is 381 g/mol. The lowest BCUT2D eigenvalue weighted by Crippen LogP contribution is -2.23. The third-order valence-corrected chi connectivity index (χ3v) is 5.88. The van der Waals surface area contributed by atoms with Gasteiger partial charge in [0.1, 0.15) is 5.69 Å². The second-order valence-corrected chi connectivity index (χ2v) is 10.3. The van der Waals surface area contributed by atoms with E-state index < -0.39 is 0 Å². The zero-order valence-corrected chi connectivity index (χ0v) is 18.7. The molecule has 28 heavy (non-hydrogen) atoms. The van der Waals surface area contributed by atoms with Crippen LogP contribution in [0.2, 0.25) is 0 Å². The van der Waals surface area contributed by atoms with Gasteiger partial charge in [-0.1, -0.05) is 60.6 Å². The molecule has 1 heterocycles. The zero-order chi connectivity index (χ0) is 20.6. The van der Waals surface area contributed by atoms with Crippen LogP contribution in [-0.4, -0.2) is 15.6 Å². The monoisotopic (exact) mass is 380 g/mol. The van der Waals surface area contributed by atoms with Crippen LogP contribution in [-0.2, 0) is 12.8 Å². The quantitative estimate of drug-likeness (QED) is 0.603. The molecule has 1 aromatic heterocycles. The predicted molar refractivity (Wildman–Crippen MR) is 116 cm³/mol. The number of hydrogen-bond donors (Lipinski definition) is 0. The lowest BCUT2D eigenvalue weighted by molar-refractivity contribution is 0.0905. The topological polar surface area (TPSA) is 34.9 Å². The summed E-state index contributed by atoms with van der Waals surface area (Å²) in [5.74, 6) is 1.37. The molecular formula is C25H36N2O. The van der Waals surface area contributed by atoms with Crippen molar-refractivity contribution in [3.05, 3.63) is 46.8 Å². The van der Waals surface area contributed by atoms with Gasteiger partial charge in [0.05, 0.1) is 11.4 Å². The Hall–Kier alpha value is -1.90. The highest BCUT2D eigenvalue weighted by molar-refractivity contribution is 5.99. The molecular weight excluding hydrogens is 344 g/mol. The largest absolute Gasteiger partial charge is 0.292 e. The van der Waals surface area contributed by atoms with Crippen molar-refractivity contribution in [2.75, 3.05) is 0 Å². The van der Waals surface area contributed by atoms with Crippen LogP contribution in [0.3, 0.4) is 0 Å². The summed E-state index contributed by atoms with van der Waals surface area (Å²) >= 11 is 0. The van der Waals surface area contributed by atoms with Crippen molar-refractivity contribution in [3.8, 4) is 5.69 Å². The van der Waals surface area contributed by atoms with Gasteiger partial charge < -0.3 is 0 Å². The lowest BCUT2D eigenvalue weighted by Gasteiger charge is -2.23. The first-order valence-electron chi connectivity index (χ1n) is 10.8. The van der Waals surface area contributed by atoms with E-state index in [0.717, 1.165) is 42.8 Å².